The summed E-state index contributed by atoms with van der Waals surface area (Å²) in [6.45, 7) is 6.06. The summed E-state index contributed by atoms with van der Waals surface area (Å²) in [7, 11) is 1.71. The highest BCUT2D eigenvalue weighted by Gasteiger charge is 2.24. The van der Waals surface area contributed by atoms with Gasteiger partial charge in [0.1, 0.15) is 11.4 Å². The van der Waals surface area contributed by atoms with E-state index < -0.39 is 0 Å². The lowest BCUT2D eigenvalue weighted by Gasteiger charge is -2.27. The number of nitrogens with one attached hydrogen (secondary N) is 1. The second kappa shape index (κ2) is 8.50. The van der Waals surface area contributed by atoms with Crippen LogP contribution < -0.4 is 10.1 Å². The normalized spacial score (nSPS) is 18.7. The number of carbonyl (C=O) groups excluding carboxylic acids is 1. The average Bonchev–Trinajstić information content (AvgIpc) is 2.78. The monoisotopic (exact) mass is 390 g/mol. The molecule has 4 nitrogen and oxygen atoms in total. The number of methoxy groups -OCH3 is 1. The third-order valence-electron chi connectivity index (χ3n) is 6.24. The lowest BCUT2D eigenvalue weighted by molar-refractivity contribution is 0.0987. The van der Waals surface area contributed by atoms with Crippen LogP contribution in [-0.4, -0.2) is 31.7 Å². The quantitative estimate of drug-likeness (QED) is 0.707. The van der Waals surface area contributed by atoms with Gasteiger partial charge in [-0.2, -0.15) is 0 Å². The van der Waals surface area contributed by atoms with Crippen LogP contribution in [0.15, 0.2) is 35.3 Å². The van der Waals surface area contributed by atoms with E-state index in [0.717, 1.165) is 59.6 Å². The Bertz CT molecular complexity index is 956. The number of fused-ring (bicyclic) bond motifs is 1. The van der Waals surface area contributed by atoms with Crippen LogP contribution >= 0.6 is 0 Å². The second-order valence-corrected chi connectivity index (χ2v) is 8.14. The molecule has 1 unspecified atom stereocenters. The Morgan fingerprint density at radius 3 is 2.79 bits per heavy atom. The van der Waals surface area contributed by atoms with Crippen LogP contribution in [0.4, 0.5) is 5.69 Å². The summed E-state index contributed by atoms with van der Waals surface area (Å²) in [5.74, 6) is 1.55. The maximum Gasteiger partial charge on any atom is 0.162 e. The first-order chi connectivity index (χ1) is 14.1. The third kappa shape index (κ3) is 3.99. The van der Waals surface area contributed by atoms with E-state index in [1.165, 1.54) is 24.1 Å². The van der Waals surface area contributed by atoms with Crippen molar-refractivity contribution >= 4 is 17.2 Å². The number of carbonyl (C=O) groups is 1. The Morgan fingerprint density at radius 1 is 1.21 bits per heavy atom. The van der Waals surface area contributed by atoms with Crippen molar-refractivity contribution in [3.05, 3.63) is 47.0 Å². The van der Waals surface area contributed by atoms with Crippen molar-refractivity contribution in [1.82, 2.24) is 5.32 Å². The number of piperidine rings is 1. The number of benzene rings is 2. The fourth-order valence-electron chi connectivity index (χ4n) is 4.49. The molecule has 29 heavy (non-hydrogen) atoms. The summed E-state index contributed by atoms with van der Waals surface area (Å²) in [5.41, 5.74) is 7.51. The molecule has 0 spiro atoms. The maximum atomic E-state index is 12.3. The van der Waals surface area contributed by atoms with Crippen molar-refractivity contribution in [1.29, 1.82) is 0 Å². The molecule has 1 fully saturated rings. The number of nitrogens with zero attached hydrogens (tertiary/aromatic N) is 1. The molecule has 152 valence electrons. The summed E-state index contributed by atoms with van der Waals surface area (Å²) >= 11 is 0. The molecule has 4 heteroatoms. The van der Waals surface area contributed by atoms with Gasteiger partial charge in [0.2, 0.25) is 0 Å². The lowest BCUT2D eigenvalue weighted by Crippen LogP contribution is -2.35. The first kappa shape index (κ1) is 19.8. The number of rotatable bonds is 5. The van der Waals surface area contributed by atoms with E-state index in [0.29, 0.717) is 12.3 Å². The Hall–Kier alpha value is -2.46. The molecule has 2 aliphatic rings. The van der Waals surface area contributed by atoms with Crippen molar-refractivity contribution in [3.63, 3.8) is 0 Å². The summed E-state index contributed by atoms with van der Waals surface area (Å²) in [6.07, 6.45) is 4.96. The molecule has 2 aromatic carbocycles. The highest BCUT2D eigenvalue weighted by Crippen LogP contribution is 2.41. The van der Waals surface area contributed by atoms with Crippen molar-refractivity contribution in [2.45, 2.75) is 46.0 Å². The maximum absolute atomic E-state index is 12.3. The van der Waals surface area contributed by atoms with Gasteiger partial charge in [0.05, 0.1) is 7.11 Å². The van der Waals surface area contributed by atoms with Gasteiger partial charge < -0.3 is 10.1 Å². The number of Topliss-reactive ketones (excluding diaryl/α,β-unsaturated/α-hetero) is 1. The van der Waals surface area contributed by atoms with Crippen molar-refractivity contribution < 1.29 is 9.53 Å². The number of hydrogen-bond donors (Lipinski definition) is 1. The minimum atomic E-state index is 0.185. The smallest absolute Gasteiger partial charge is 0.162 e. The molecule has 0 radical (unpaired) electrons. The summed E-state index contributed by atoms with van der Waals surface area (Å²) in [5, 5.41) is 3.50. The summed E-state index contributed by atoms with van der Waals surface area (Å²) in [6, 6.07) is 10.4. The second-order valence-electron chi connectivity index (χ2n) is 8.14. The SMILES string of the molecule is CCC(=O)c1cc(-c2cc3c(c(OC)c2)N=C(C2CCCNC2)CC3)ccc1C. The number of aliphatic imine (C=N–C) groups is 1. The molecule has 2 aliphatic heterocycles. The minimum absolute atomic E-state index is 0.185. The van der Waals surface area contributed by atoms with Crippen LogP contribution in [0.25, 0.3) is 11.1 Å². The zero-order valence-corrected chi connectivity index (χ0v) is 17.7. The van der Waals surface area contributed by atoms with E-state index >= 15 is 0 Å². The van der Waals surface area contributed by atoms with Crippen LogP contribution in [0.1, 0.15) is 54.1 Å². The van der Waals surface area contributed by atoms with Crippen LogP contribution in [0.3, 0.4) is 0 Å². The van der Waals surface area contributed by atoms with Crippen LogP contribution in [0.5, 0.6) is 5.75 Å². The predicted molar refractivity (Wildman–Crippen MR) is 119 cm³/mol. The van der Waals surface area contributed by atoms with Gasteiger partial charge in [-0.25, -0.2) is 0 Å². The molecular weight excluding hydrogens is 360 g/mol. The molecule has 0 aromatic heterocycles. The fraction of sp³-hybridized carbons (Fsp3) is 0.440. The van der Waals surface area contributed by atoms with E-state index in [9.17, 15) is 4.79 Å². The van der Waals surface area contributed by atoms with E-state index in [4.69, 9.17) is 9.73 Å². The fourth-order valence-corrected chi connectivity index (χ4v) is 4.49. The number of ether oxygens (including phenoxy) is 1. The highest BCUT2D eigenvalue weighted by molar-refractivity contribution is 5.98. The predicted octanol–water partition coefficient (Wildman–Crippen LogP) is 5.28. The van der Waals surface area contributed by atoms with Gasteiger partial charge in [-0.05, 0) is 79.6 Å². The molecule has 0 aliphatic carbocycles. The highest BCUT2D eigenvalue weighted by atomic mass is 16.5. The van der Waals surface area contributed by atoms with E-state index in [2.05, 4.69) is 23.5 Å². The Balaban J connectivity index is 1.72. The van der Waals surface area contributed by atoms with E-state index in [1.54, 1.807) is 7.11 Å². The standard InChI is InChI=1S/C25H30N2O2/c1-4-23(28)21-13-17(8-7-16(21)2)20-12-18-9-10-22(19-6-5-11-26-15-19)27-25(18)24(14-20)29-3/h7-8,12-14,19,26H,4-6,9-11,15H2,1-3H3. The van der Waals surface area contributed by atoms with E-state index in [-0.39, 0.29) is 5.78 Å². The molecular formula is C25H30N2O2. The molecule has 0 saturated carbocycles. The van der Waals surface area contributed by atoms with E-state index in [1.807, 2.05) is 26.0 Å². The Labute approximate surface area is 173 Å². The zero-order valence-electron chi connectivity index (χ0n) is 17.7. The summed E-state index contributed by atoms with van der Waals surface area (Å²) < 4.78 is 5.74. The molecule has 1 saturated heterocycles. The molecule has 2 heterocycles. The Kier molecular flexibility index (Phi) is 5.81. The Morgan fingerprint density at radius 2 is 2.07 bits per heavy atom. The van der Waals surface area contributed by atoms with Gasteiger partial charge in [-0.1, -0.05) is 19.1 Å². The number of aryl methyl sites for hydroxylation is 2. The molecule has 1 atom stereocenters. The van der Waals surface area contributed by atoms with Gasteiger partial charge in [0.15, 0.2) is 5.78 Å². The number of ketones is 1. The van der Waals surface area contributed by atoms with Gasteiger partial charge in [0, 0.05) is 30.2 Å². The van der Waals surface area contributed by atoms with Crippen molar-refractivity contribution in [2.75, 3.05) is 20.2 Å². The van der Waals surface area contributed by atoms with Crippen LogP contribution in [-0.2, 0) is 6.42 Å². The molecule has 0 bridgehead atoms. The third-order valence-corrected chi connectivity index (χ3v) is 6.24. The van der Waals surface area contributed by atoms with Gasteiger partial charge >= 0.3 is 0 Å². The van der Waals surface area contributed by atoms with Crippen LogP contribution in [0.2, 0.25) is 0 Å². The van der Waals surface area contributed by atoms with Crippen molar-refractivity contribution in [2.24, 2.45) is 10.9 Å². The lowest BCUT2D eigenvalue weighted by atomic mass is 9.87. The number of hydrogen-bond acceptors (Lipinski definition) is 4. The molecule has 2 aromatic rings. The first-order valence-corrected chi connectivity index (χ1v) is 10.7. The van der Waals surface area contributed by atoms with Crippen LogP contribution in [0, 0.1) is 12.8 Å². The average molecular weight is 391 g/mol. The molecule has 1 N–H and O–H groups in total. The van der Waals surface area contributed by atoms with Gasteiger partial charge in [-0.3, -0.25) is 9.79 Å². The van der Waals surface area contributed by atoms with Crippen molar-refractivity contribution in [3.8, 4) is 16.9 Å². The molecule has 0 amide bonds. The van der Waals surface area contributed by atoms with Gasteiger partial charge in [-0.15, -0.1) is 0 Å². The van der Waals surface area contributed by atoms with Gasteiger partial charge in [0.25, 0.3) is 0 Å². The minimum Gasteiger partial charge on any atom is -0.494 e. The largest absolute Gasteiger partial charge is 0.494 e. The topological polar surface area (TPSA) is 50.7 Å². The zero-order chi connectivity index (χ0) is 20.4. The summed E-state index contributed by atoms with van der Waals surface area (Å²) in [4.78, 5) is 17.4. The first-order valence-electron chi connectivity index (χ1n) is 10.7. The molecule has 4 rings (SSSR count).